The molecule has 0 saturated carbocycles. The molecule has 0 aliphatic carbocycles. The molecule has 5 aliphatic rings. The number of H-pyrrole nitrogens is 2. The lowest BCUT2D eigenvalue weighted by Crippen LogP contribution is -2.41. The predicted molar refractivity (Wildman–Crippen MR) is 298 cm³/mol. The Balaban J connectivity index is 0.000000166. The molecule has 0 unspecified atom stereocenters. The lowest BCUT2D eigenvalue weighted by molar-refractivity contribution is 0.00578. The Morgan fingerprint density at radius 3 is 1.26 bits per heavy atom. The van der Waals surface area contributed by atoms with E-state index in [0.29, 0.717) is 58.2 Å². The van der Waals surface area contributed by atoms with Gasteiger partial charge in [0.05, 0.1) is 56.6 Å². The van der Waals surface area contributed by atoms with Crippen LogP contribution in [0.3, 0.4) is 0 Å². The third-order valence-electron chi connectivity index (χ3n) is 12.7. The normalized spacial score (nSPS) is 13.0. The van der Waals surface area contributed by atoms with Crippen LogP contribution >= 0.6 is 0 Å². The molecule has 0 amide bonds. The molecular formula is C58H52B2N8O10. The first-order chi connectivity index (χ1) is 37.3. The van der Waals surface area contributed by atoms with Gasteiger partial charge in [-0.25, -0.2) is 9.59 Å². The van der Waals surface area contributed by atoms with E-state index in [-0.39, 0.29) is 41.1 Å². The number of pyridine rings is 2. The van der Waals surface area contributed by atoms with Gasteiger partial charge in [-0.1, -0.05) is 72.8 Å². The SMILES string of the molecule is CB(O)O.CB1OC(C)(C)C(C)(C)O1.N#Cc1ccc2cc3c(=O)[nH]c(=O)nc-3n(-c3ccc(OCc4ccccc4)cc3)c2c1.N#Cc1ccc2cc3c(=O)[nH]c(=O)nc-3n(-c3ccc(OCc4ccccc4)cc3)c2c1. The molecule has 11 rings (SSSR count). The second-order valence-electron chi connectivity index (χ2n) is 18.9. The summed E-state index contributed by atoms with van der Waals surface area (Å²) in [5.41, 5.74) is 3.48. The molecule has 1 fully saturated rings. The Morgan fingerprint density at radius 1 is 0.577 bits per heavy atom. The fourth-order valence-electron chi connectivity index (χ4n) is 8.42. The molecule has 0 atom stereocenters. The molecule has 1 saturated heterocycles. The number of ether oxygens (including phenoxy) is 2. The highest BCUT2D eigenvalue weighted by Crippen LogP contribution is 2.36. The van der Waals surface area contributed by atoms with Gasteiger partial charge in [-0.2, -0.15) is 20.5 Å². The summed E-state index contributed by atoms with van der Waals surface area (Å²) in [5.74, 6) is 1.80. The first-order valence-electron chi connectivity index (χ1n) is 24.6. The Hall–Kier alpha value is -9.43. The molecular weight excluding hydrogens is 990 g/mol. The summed E-state index contributed by atoms with van der Waals surface area (Å²) in [5, 5.41) is 35.4. The average Bonchev–Trinajstić information content (AvgIpc) is 3.79. The van der Waals surface area contributed by atoms with E-state index in [1.807, 2.05) is 116 Å². The van der Waals surface area contributed by atoms with Crippen LogP contribution in [0.4, 0.5) is 0 Å². The van der Waals surface area contributed by atoms with Gasteiger partial charge < -0.3 is 28.8 Å². The molecule has 390 valence electrons. The summed E-state index contributed by atoms with van der Waals surface area (Å²) < 4.78 is 26.2. The zero-order chi connectivity index (χ0) is 55.7. The summed E-state index contributed by atoms with van der Waals surface area (Å²) in [4.78, 5) is 61.4. The van der Waals surface area contributed by atoms with E-state index < -0.39 is 29.6 Å². The van der Waals surface area contributed by atoms with Crippen LogP contribution in [-0.4, -0.2) is 64.6 Å². The molecule has 20 heteroatoms. The third kappa shape index (κ3) is 12.8. The number of nitriles is 2. The summed E-state index contributed by atoms with van der Waals surface area (Å²) >= 11 is 0. The van der Waals surface area contributed by atoms with Crippen LogP contribution in [0.5, 0.6) is 11.5 Å². The van der Waals surface area contributed by atoms with Crippen LogP contribution in [0.2, 0.25) is 13.6 Å². The number of hydrogen-bond acceptors (Lipinski definition) is 14. The van der Waals surface area contributed by atoms with Crippen molar-refractivity contribution in [3.63, 3.8) is 0 Å². The van der Waals surface area contributed by atoms with Crippen molar-refractivity contribution in [1.29, 1.82) is 10.5 Å². The van der Waals surface area contributed by atoms with Crippen molar-refractivity contribution in [1.82, 2.24) is 29.1 Å². The topological polar surface area (TPSA) is 260 Å². The molecule has 18 nitrogen and oxygen atoms in total. The number of nitrogens with one attached hydrogen (secondary N) is 2. The van der Waals surface area contributed by atoms with Crippen molar-refractivity contribution in [3.8, 4) is 57.8 Å². The molecule has 6 aromatic rings. The van der Waals surface area contributed by atoms with Gasteiger partial charge in [-0.15, -0.1) is 0 Å². The maximum atomic E-state index is 12.4. The van der Waals surface area contributed by atoms with E-state index in [2.05, 4.69) is 59.8 Å². The number of benzene rings is 6. The largest absolute Gasteiger partial charge is 0.489 e. The minimum absolute atomic E-state index is 0.0648. The van der Waals surface area contributed by atoms with Crippen molar-refractivity contribution in [3.05, 3.63) is 222 Å². The Bertz CT molecular complexity index is 3740. The molecule has 5 aliphatic heterocycles. The van der Waals surface area contributed by atoms with E-state index in [4.69, 9.17) is 28.8 Å². The fourth-order valence-corrected chi connectivity index (χ4v) is 8.42. The minimum atomic E-state index is -1.17. The standard InChI is InChI=1S/2C25H16N4O3.C7H15BO2.CH5BO2/c2*26-14-17-6-7-18-13-21-23(27-25(31)28-24(21)30)29(22(18)12-17)19-8-10-20(11-9-19)32-15-16-4-2-1-3-5-16;1-6(2)7(3,4)10-8(5)9-6;1-2(3)4/h2*1-13H,15H2,(H,28,30,31);1-5H3;3-4H,1H3. The summed E-state index contributed by atoms with van der Waals surface area (Å²) in [6, 6.07) is 52.2. The van der Waals surface area contributed by atoms with Crippen LogP contribution < -0.4 is 32.0 Å². The quantitative estimate of drug-likeness (QED) is 0.0829. The fraction of sp³-hybridized carbons (Fsp3) is 0.172. The number of rotatable bonds is 8. The first-order valence-corrected chi connectivity index (χ1v) is 24.6. The number of hydrogen-bond donors (Lipinski definition) is 4. The average molecular weight is 1040 g/mol. The van der Waals surface area contributed by atoms with Crippen molar-refractivity contribution < 1.29 is 28.8 Å². The number of fused-ring (bicyclic) bond motifs is 4. The zero-order valence-electron chi connectivity index (χ0n) is 43.4. The van der Waals surface area contributed by atoms with E-state index in [0.717, 1.165) is 21.9 Å². The van der Waals surface area contributed by atoms with Crippen LogP contribution in [0.15, 0.2) is 177 Å². The molecule has 0 bridgehead atoms. The van der Waals surface area contributed by atoms with Gasteiger partial charge in [-0.05, 0) is 148 Å². The van der Waals surface area contributed by atoms with Gasteiger partial charge in [0.2, 0.25) is 0 Å². The van der Waals surface area contributed by atoms with E-state index >= 15 is 0 Å². The van der Waals surface area contributed by atoms with Gasteiger partial charge in [0, 0.05) is 11.4 Å². The predicted octanol–water partition coefficient (Wildman–Crippen LogP) is 8.06. The van der Waals surface area contributed by atoms with Gasteiger partial charge in [-0.3, -0.25) is 28.7 Å². The summed E-state index contributed by atoms with van der Waals surface area (Å²) in [7, 11) is -1.23. The van der Waals surface area contributed by atoms with Crippen LogP contribution in [-0.2, 0) is 22.5 Å². The lowest BCUT2D eigenvalue weighted by Gasteiger charge is -2.32. The van der Waals surface area contributed by atoms with Crippen LogP contribution in [0.1, 0.15) is 49.9 Å². The Kier molecular flexibility index (Phi) is 16.6. The Morgan fingerprint density at radius 2 is 0.936 bits per heavy atom. The summed E-state index contributed by atoms with van der Waals surface area (Å²) in [6.45, 7) is 12.3. The van der Waals surface area contributed by atoms with Gasteiger partial charge >= 0.3 is 25.6 Å². The molecule has 78 heavy (non-hydrogen) atoms. The highest BCUT2D eigenvalue weighted by Gasteiger charge is 2.48. The number of aromatic amines is 2. The monoisotopic (exact) mass is 1040 g/mol. The van der Waals surface area contributed by atoms with E-state index in [1.54, 1.807) is 57.7 Å². The maximum absolute atomic E-state index is 12.4. The van der Waals surface area contributed by atoms with E-state index in [1.165, 1.54) is 6.82 Å². The molecule has 0 radical (unpaired) electrons. The second-order valence-corrected chi connectivity index (χ2v) is 18.9. The maximum Gasteiger partial charge on any atom is 0.454 e. The van der Waals surface area contributed by atoms with E-state index in [9.17, 15) is 29.7 Å². The minimum Gasteiger partial charge on any atom is -0.489 e. The zero-order valence-corrected chi connectivity index (χ0v) is 43.4. The third-order valence-corrected chi connectivity index (χ3v) is 12.7. The summed E-state index contributed by atoms with van der Waals surface area (Å²) in [6.07, 6.45) is 0. The molecule has 0 spiro atoms. The van der Waals surface area contributed by atoms with Crippen molar-refractivity contribution in [2.45, 2.75) is 65.8 Å². The smallest absolute Gasteiger partial charge is 0.454 e. The lowest BCUT2D eigenvalue weighted by atomic mass is 9.90. The van der Waals surface area contributed by atoms with Crippen LogP contribution in [0.25, 0.3) is 56.0 Å². The second kappa shape index (κ2) is 23.6. The first kappa shape index (κ1) is 54.8. The van der Waals surface area contributed by atoms with Gasteiger partial charge in [0.15, 0.2) is 11.6 Å². The molecule has 4 N–H and O–H groups in total. The molecule has 5 heterocycles. The highest BCUT2D eigenvalue weighted by atomic mass is 16.7. The molecule has 0 aromatic heterocycles. The van der Waals surface area contributed by atoms with Gasteiger partial charge in [0.25, 0.3) is 11.1 Å². The van der Waals surface area contributed by atoms with Crippen molar-refractivity contribution in [2.75, 3.05) is 0 Å². The number of nitrogens with zero attached hydrogens (tertiary/aromatic N) is 6. The van der Waals surface area contributed by atoms with Gasteiger partial charge in [0.1, 0.15) is 24.7 Å². The number of aromatic nitrogens is 6. The van der Waals surface area contributed by atoms with Crippen molar-refractivity contribution >= 4 is 36.0 Å². The highest BCUT2D eigenvalue weighted by molar-refractivity contribution is 6.43. The molecule has 6 aromatic carbocycles. The van der Waals surface area contributed by atoms with Crippen molar-refractivity contribution in [2.24, 2.45) is 0 Å². The van der Waals surface area contributed by atoms with Crippen LogP contribution in [0, 0.1) is 22.7 Å². The Labute approximate surface area is 448 Å².